The van der Waals surface area contributed by atoms with Crippen LogP contribution in [-0.4, -0.2) is 88.0 Å². The number of carbonyl (C=O) groups is 1. The first kappa shape index (κ1) is 21.7. The van der Waals surface area contributed by atoms with Crippen LogP contribution in [0.2, 0.25) is 0 Å². The number of nitrogens with zero attached hydrogens (tertiary/aromatic N) is 5. The van der Waals surface area contributed by atoms with Crippen molar-refractivity contribution in [3.63, 3.8) is 0 Å². The molecule has 2 amide bonds. The van der Waals surface area contributed by atoms with E-state index in [1.165, 1.54) is 12.1 Å². The van der Waals surface area contributed by atoms with Gasteiger partial charge in [0.05, 0.1) is 16.9 Å². The maximum absolute atomic E-state index is 13.9. The first-order valence-electron chi connectivity index (χ1n) is 11.4. The lowest BCUT2D eigenvalue weighted by molar-refractivity contribution is 0.0863. The van der Waals surface area contributed by atoms with Crippen molar-refractivity contribution in [2.24, 2.45) is 0 Å². The molecule has 1 aromatic heterocycles. The summed E-state index contributed by atoms with van der Waals surface area (Å²) in [4.78, 5) is 19.6. The van der Waals surface area contributed by atoms with Crippen molar-refractivity contribution in [2.75, 3.05) is 49.5 Å². The Morgan fingerprint density at radius 3 is 2.73 bits per heavy atom. The highest BCUT2D eigenvalue weighted by Crippen LogP contribution is 2.40. The third-order valence-electron chi connectivity index (χ3n) is 7.06. The monoisotopic (exact) mass is 455 g/mol. The molecular formula is C23H30FN7O2. The standard InChI is InChI=1S/C23H30FN7O2/c1-14-10-25-11-15(2)31(14)22(33)29-7-8-30-19-9-18(16-5-4-6-17(24)20(16)32)27-28-21(19)26-12-23(30,3)13-29/h4-6,9,14-15,25,32H,7-8,10-13H2,1-3H3,(H,26,28)/t14-,15+,23-/m1/s1. The van der Waals surface area contributed by atoms with Gasteiger partial charge in [0.2, 0.25) is 0 Å². The predicted molar refractivity (Wildman–Crippen MR) is 124 cm³/mol. The molecule has 10 heteroatoms. The van der Waals surface area contributed by atoms with Crippen LogP contribution in [0.25, 0.3) is 11.3 Å². The number of phenolic OH excluding ortho intramolecular Hbond substituents is 1. The van der Waals surface area contributed by atoms with Gasteiger partial charge in [0.1, 0.15) is 0 Å². The van der Waals surface area contributed by atoms with Gasteiger partial charge in [0.25, 0.3) is 0 Å². The molecule has 5 rings (SSSR count). The molecule has 176 valence electrons. The lowest BCUT2D eigenvalue weighted by Crippen LogP contribution is -2.69. The summed E-state index contributed by atoms with van der Waals surface area (Å²) in [5, 5.41) is 25.4. The van der Waals surface area contributed by atoms with Crippen LogP contribution in [0, 0.1) is 5.82 Å². The van der Waals surface area contributed by atoms with Gasteiger partial charge in [-0.3, -0.25) is 0 Å². The Morgan fingerprint density at radius 1 is 1.21 bits per heavy atom. The van der Waals surface area contributed by atoms with Gasteiger partial charge in [-0.05, 0) is 39.0 Å². The van der Waals surface area contributed by atoms with E-state index in [0.717, 1.165) is 18.8 Å². The molecule has 2 fully saturated rings. The third kappa shape index (κ3) is 3.62. The average Bonchev–Trinajstić information content (AvgIpc) is 2.79. The predicted octanol–water partition coefficient (Wildman–Crippen LogP) is 2.10. The zero-order valence-electron chi connectivity index (χ0n) is 19.2. The second-order valence-electron chi connectivity index (χ2n) is 9.57. The zero-order valence-corrected chi connectivity index (χ0v) is 19.2. The molecule has 2 saturated heterocycles. The highest BCUT2D eigenvalue weighted by atomic mass is 19.1. The lowest BCUT2D eigenvalue weighted by Gasteiger charge is -2.54. The first-order chi connectivity index (χ1) is 15.8. The van der Waals surface area contributed by atoms with Crippen LogP contribution in [0.15, 0.2) is 24.3 Å². The summed E-state index contributed by atoms with van der Waals surface area (Å²) in [7, 11) is 0. The molecule has 2 aromatic rings. The van der Waals surface area contributed by atoms with Crippen LogP contribution in [-0.2, 0) is 0 Å². The van der Waals surface area contributed by atoms with Gasteiger partial charge >= 0.3 is 6.03 Å². The lowest BCUT2D eigenvalue weighted by atomic mass is 9.92. The molecule has 0 unspecified atom stereocenters. The molecule has 3 atom stereocenters. The summed E-state index contributed by atoms with van der Waals surface area (Å²) in [6, 6.07) is 6.58. The smallest absolute Gasteiger partial charge is 0.320 e. The summed E-state index contributed by atoms with van der Waals surface area (Å²) in [5.41, 5.74) is 1.20. The Kier molecular flexibility index (Phi) is 5.27. The van der Waals surface area contributed by atoms with Crippen molar-refractivity contribution in [3.8, 4) is 17.0 Å². The van der Waals surface area contributed by atoms with Crippen LogP contribution in [0.1, 0.15) is 20.8 Å². The molecule has 3 N–H and O–H groups in total. The van der Waals surface area contributed by atoms with Gasteiger partial charge in [-0.1, -0.05) is 6.07 Å². The molecular weight excluding hydrogens is 425 g/mol. The number of hydrogen-bond acceptors (Lipinski definition) is 7. The third-order valence-corrected chi connectivity index (χ3v) is 7.06. The quantitative estimate of drug-likeness (QED) is 0.606. The van der Waals surface area contributed by atoms with E-state index in [2.05, 4.69) is 46.5 Å². The highest BCUT2D eigenvalue weighted by Gasteiger charge is 2.45. The number of para-hydroxylation sites is 1. The average molecular weight is 456 g/mol. The van der Waals surface area contributed by atoms with Crippen molar-refractivity contribution in [3.05, 3.63) is 30.1 Å². The topological polar surface area (TPSA) is 96.9 Å². The normalized spacial score (nSPS) is 27.0. The summed E-state index contributed by atoms with van der Waals surface area (Å²) < 4.78 is 13.9. The van der Waals surface area contributed by atoms with E-state index in [0.29, 0.717) is 43.3 Å². The van der Waals surface area contributed by atoms with E-state index in [-0.39, 0.29) is 23.7 Å². The van der Waals surface area contributed by atoms with Gasteiger partial charge < -0.3 is 30.4 Å². The van der Waals surface area contributed by atoms with Crippen LogP contribution in [0.3, 0.4) is 0 Å². The number of rotatable bonds is 1. The van der Waals surface area contributed by atoms with Crippen molar-refractivity contribution in [1.82, 2.24) is 25.3 Å². The van der Waals surface area contributed by atoms with Crippen molar-refractivity contribution in [2.45, 2.75) is 38.4 Å². The molecule has 0 aliphatic carbocycles. The minimum atomic E-state index is -0.696. The molecule has 3 aliphatic heterocycles. The molecule has 33 heavy (non-hydrogen) atoms. The Morgan fingerprint density at radius 2 is 1.97 bits per heavy atom. The zero-order chi connectivity index (χ0) is 23.3. The molecule has 0 spiro atoms. The number of halogens is 1. The summed E-state index contributed by atoms with van der Waals surface area (Å²) >= 11 is 0. The van der Waals surface area contributed by atoms with Crippen LogP contribution < -0.4 is 15.5 Å². The summed E-state index contributed by atoms with van der Waals surface area (Å²) in [6.07, 6.45) is 0. The van der Waals surface area contributed by atoms with E-state index < -0.39 is 11.6 Å². The fourth-order valence-corrected chi connectivity index (χ4v) is 5.31. The number of piperazine rings is 2. The number of amides is 2. The van der Waals surface area contributed by atoms with Gasteiger partial charge in [-0.25, -0.2) is 9.18 Å². The number of hydrogen-bond donors (Lipinski definition) is 3. The number of anilines is 2. The number of phenols is 1. The fourth-order valence-electron chi connectivity index (χ4n) is 5.31. The van der Waals surface area contributed by atoms with Crippen molar-refractivity contribution in [1.29, 1.82) is 0 Å². The molecule has 0 radical (unpaired) electrons. The molecule has 9 nitrogen and oxygen atoms in total. The Hall–Kier alpha value is -3.14. The first-order valence-corrected chi connectivity index (χ1v) is 11.4. The van der Waals surface area contributed by atoms with E-state index in [1.807, 2.05) is 15.9 Å². The number of aromatic nitrogens is 2. The van der Waals surface area contributed by atoms with Gasteiger partial charge in [-0.2, -0.15) is 0 Å². The summed E-state index contributed by atoms with van der Waals surface area (Å²) in [5.74, 6) is -0.484. The molecule has 0 bridgehead atoms. The van der Waals surface area contributed by atoms with E-state index in [1.54, 1.807) is 6.07 Å². The van der Waals surface area contributed by atoms with Crippen LogP contribution >= 0.6 is 0 Å². The minimum Gasteiger partial charge on any atom is -0.504 e. The van der Waals surface area contributed by atoms with Gasteiger partial charge in [0.15, 0.2) is 17.4 Å². The van der Waals surface area contributed by atoms with E-state index in [4.69, 9.17) is 0 Å². The van der Waals surface area contributed by atoms with Crippen molar-refractivity contribution < 1.29 is 14.3 Å². The molecule has 0 saturated carbocycles. The SMILES string of the molecule is C[C@@H]1CNC[C@H](C)N1C(=O)N1CCN2c3cc(-c4cccc(F)c4O)nnc3NC[C@]2(C)C1. The molecule has 3 aliphatic rings. The van der Waals surface area contributed by atoms with E-state index in [9.17, 15) is 14.3 Å². The van der Waals surface area contributed by atoms with Gasteiger partial charge in [-0.15, -0.1) is 10.2 Å². The highest BCUT2D eigenvalue weighted by molar-refractivity contribution is 5.79. The number of urea groups is 1. The largest absolute Gasteiger partial charge is 0.504 e. The second kappa shape index (κ2) is 8.02. The molecule has 1 aromatic carbocycles. The number of nitrogens with one attached hydrogen (secondary N) is 2. The van der Waals surface area contributed by atoms with Crippen LogP contribution in [0.4, 0.5) is 20.7 Å². The molecule has 4 heterocycles. The number of benzene rings is 1. The van der Waals surface area contributed by atoms with Crippen LogP contribution in [0.5, 0.6) is 5.75 Å². The number of carbonyl (C=O) groups excluding carboxylic acids is 1. The second-order valence-corrected chi connectivity index (χ2v) is 9.57. The van der Waals surface area contributed by atoms with Crippen molar-refractivity contribution >= 4 is 17.5 Å². The fraction of sp³-hybridized carbons (Fsp3) is 0.522. The maximum Gasteiger partial charge on any atom is 0.320 e. The Balaban J connectivity index is 1.42. The Bertz CT molecular complexity index is 1070. The minimum absolute atomic E-state index is 0.0846. The number of fused-ring (bicyclic) bond motifs is 3. The maximum atomic E-state index is 13.9. The Labute approximate surface area is 192 Å². The van der Waals surface area contributed by atoms with Gasteiger partial charge in [0, 0.05) is 56.9 Å². The number of aromatic hydroxyl groups is 1. The summed E-state index contributed by atoms with van der Waals surface area (Å²) in [6.45, 7) is 10.3. The van der Waals surface area contributed by atoms with E-state index >= 15 is 0 Å².